The molecule has 0 aliphatic heterocycles. The number of para-hydroxylation sites is 1. The summed E-state index contributed by atoms with van der Waals surface area (Å²) in [4.78, 5) is 28.2. The lowest BCUT2D eigenvalue weighted by molar-refractivity contribution is -0.117. The van der Waals surface area contributed by atoms with Gasteiger partial charge < -0.3 is 20.5 Å². The monoisotopic (exact) mass is 435 g/mol. The quantitative estimate of drug-likeness (QED) is 0.486. The van der Waals surface area contributed by atoms with Crippen molar-refractivity contribution in [3.05, 3.63) is 36.3 Å². The fourth-order valence-corrected chi connectivity index (χ4v) is 3.37. The maximum Gasteiger partial charge on any atom is 0.358 e. The van der Waals surface area contributed by atoms with E-state index in [1.807, 2.05) is 10.7 Å². The number of amides is 1. The summed E-state index contributed by atoms with van der Waals surface area (Å²) < 4.78 is 7.46. The number of carbonyl (C=O) groups is 2. The molecule has 2 heterocycles. The summed E-state index contributed by atoms with van der Waals surface area (Å²) in [5.41, 5.74) is 1.06. The highest BCUT2D eigenvalue weighted by molar-refractivity contribution is 5.96. The molecule has 11 heteroatoms. The third kappa shape index (κ3) is 3.96. The Morgan fingerprint density at radius 3 is 2.66 bits per heavy atom. The van der Waals surface area contributed by atoms with Gasteiger partial charge in [-0.1, -0.05) is 6.07 Å². The maximum atomic E-state index is 12.1. The number of hydrogen-bond acceptors (Lipinski definition) is 8. The molecule has 2 saturated carbocycles. The molecule has 11 nitrogen and oxygen atoms in total. The molecule has 3 aromatic rings. The summed E-state index contributed by atoms with van der Waals surface area (Å²) in [6.07, 6.45) is 5.57. The summed E-state index contributed by atoms with van der Waals surface area (Å²) in [7, 11) is 1.52. The first-order valence-electron chi connectivity index (χ1n) is 10.3. The highest BCUT2D eigenvalue weighted by Crippen LogP contribution is 2.39. The predicted octanol–water partition coefficient (Wildman–Crippen LogP) is 2.87. The van der Waals surface area contributed by atoms with Gasteiger partial charge in [0.15, 0.2) is 23.1 Å². The van der Waals surface area contributed by atoms with Crippen LogP contribution in [0.15, 0.2) is 30.6 Å². The van der Waals surface area contributed by atoms with Crippen molar-refractivity contribution in [1.82, 2.24) is 25.0 Å². The Morgan fingerprint density at radius 1 is 1.16 bits per heavy atom. The zero-order chi connectivity index (χ0) is 22.2. The van der Waals surface area contributed by atoms with Gasteiger partial charge in [0.05, 0.1) is 30.1 Å². The van der Waals surface area contributed by atoms with Crippen LogP contribution in [-0.2, 0) is 4.79 Å². The molecule has 5 rings (SSSR count). The van der Waals surface area contributed by atoms with Crippen molar-refractivity contribution >= 4 is 29.1 Å². The van der Waals surface area contributed by atoms with E-state index in [-0.39, 0.29) is 29.0 Å². The van der Waals surface area contributed by atoms with Crippen molar-refractivity contribution in [2.24, 2.45) is 5.92 Å². The van der Waals surface area contributed by atoms with Crippen LogP contribution in [0.5, 0.6) is 5.75 Å². The zero-order valence-corrected chi connectivity index (χ0v) is 17.3. The van der Waals surface area contributed by atoms with Crippen molar-refractivity contribution < 1.29 is 19.4 Å². The Morgan fingerprint density at radius 2 is 1.97 bits per heavy atom. The Balaban J connectivity index is 1.48. The molecule has 0 spiro atoms. The summed E-state index contributed by atoms with van der Waals surface area (Å²) >= 11 is 0. The van der Waals surface area contributed by atoms with Gasteiger partial charge in [0.1, 0.15) is 6.33 Å². The van der Waals surface area contributed by atoms with Crippen molar-refractivity contribution in [3.8, 4) is 17.1 Å². The summed E-state index contributed by atoms with van der Waals surface area (Å²) in [5, 5.41) is 27.4. The number of nitrogens with one attached hydrogen (secondary N) is 2. The van der Waals surface area contributed by atoms with Crippen molar-refractivity contribution in [3.63, 3.8) is 0 Å². The zero-order valence-electron chi connectivity index (χ0n) is 17.3. The maximum absolute atomic E-state index is 12.1. The normalized spacial score (nSPS) is 15.3. The molecule has 32 heavy (non-hydrogen) atoms. The average Bonchev–Trinajstić information content (AvgIpc) is 3.72. The molecule has 1 amide bonds. The molecule has 0 bridgehead atoms. The SMILES string of the molecule is COc1c(Nc2cc(NC(=O)C3CC3)nnc2C(=O)O)cccc1-c1ncn(C2CC2)n1. The molecule has 2 aliphatic rings. The van der Waals surface area contributed by atoms with Crippen LogP contribution in [0, 0.1) is 5.92 Å². The van der Waals surface area contributed by atoms with Crippen LogP contribution < -0.4 is 15.4 Å². The van der Waals surface area contributed by atoms with Crippen molar-refractivity contribution in [2.45, 2.75) is 31.7 Å². The molecule has 0 radical (unpaired) electrons. The first-order valence-corrected chi connectivity index (χ1v) is 10.3. The van der Waals surface area contributed by atoms with Crippen LogP contribution in [-0.4, -0.2) is 49.1 Å². The van der Waals surface area contributed by atoms with Gasteiger partial charge in [-0.25, -0.2) is 14.5 Å². The number of carboxylic acid groups (broad SMARTS) is 1. The average molecular weight is 435 g/mol. The van der Waals surface area contributed by atoms with E-state index in [0.29, 0.717) is 28.9 Å². The number of nitrogens with zero attached hydrogens (tertiary/aromatic N) is 5. The molecule has 2 aliphatic carbocycles. The lowest BCUT2D eigenvalue weighted by Crippen LogP contribution is -2.16. The van der Waals surface area contributed by atoms with E-state index in [1.54, 1.807) is 18.5 Å². The van der Waals surface area contributed by atoms with E-state index in [2.05, 4.69) is 30.9 Å². The fraction of sp³-hybridized carbons (Fsp3) is 0.333. The number of methoxy groups -OCH3 is 1. The molecule has 164 valence electrons. The highest BCUT2D eigenvalue weighted by atomic mass is 16.5. The molecule has 3 N–H and O–H groups in total. The van der Waals surface area contributed by atoms with Crippen LogP contribution in [0.4, 0.5) is 17.2 Å². The Labute approximate surface area is 182 Å². The third-order valence-electron chi connectivity index (χ3n) is 5.35. The van der Waals surface area contributed by atoms with Crippen LogP contribution in [0.25, 0.3) is 11.4 Å². The number of aromatic nitrogens is 5. The fourth-order valence-electron chi connectivity index (χ4n) is 3.37. The molecule has 2 fully saturated rings. The Bertz CT molecular complexity index is 1200. The standard InChI is InChI=1S/C21H21N7O4/c1-32-18-13(19-22-10-28(27-19)12-7-8-12)3-2-4-14(18)23-15-9-16(24-20(29)11-5-6-11)25-26-17(15)21(30)31/h2-4,9-12H,5-8H2,1H3,(H,30,31)(H2,23,24,25,29). The largest absolute Gasteiger partial charge is 0.494 e. The molecular formula is C21H21N7O4. The summed E-state index contributed by atoms with van der Waals surface area (Å²) in [6, 6.07) is 7.22. The lowest BCUT2D eigenvalue weighted by atomic mass is 10.1. The number of rotatable bonds is 8. The van der Waals surface area contributed by atoms with E-state index in [9.17, 15) is 14.7 Å². The van der Waals surface area contributed by atoms with Gasteiger partial charge in [-0.3, -0.25) is 4.79 Å². The second-order valence-electron chi connectivity index (χ2n) is 7.85. The number of carbonyl (C=O) groups excluding carboxylic acids is 1. The first-order chi connectivity index (χ1) is 15.5. The Hall–Kier alpha value is -4.02. The number of hydrogen-bond donors (Lipinski definition) is 3. The van der Waals surface area contributed by atoms with Crippen LogP contribution in [0.2, 0.25) is 0 Å². The van der Waals surface area contributed by atoms with Gasteiger partial charge in [0.2, 0.25) is 5.91 Å². The van der Waals surface area contributed by atoms with Crippen LogP contribution in [0.3, 0.4) is 0 Å². The summed E-state index contributed by atoms with van der Waals surface area (Å²) in [6.45, 7) is 0. The van der Waals surface area contributed by atoms with Gasteiger partial charge in [-0.2, -0.15) is 5.10 Å². The predicted molar refractivity (Wildman–Crippen MR) is 114 cm³/mol. The number of benzene rings is 1. The molecule has 0 atom stereocenters. The Kier molecular flexibility index (Phi) is 4.92. The number of aromatic carboxylic acids is 1. The van der Waals surface area contributed by atoms with E-state index in [1.165, 1.54) is 13.2 Å². The van der Waals surface area contributed by atoms with Crippen molar-refractivity contribution in [2.75, 3.05) is 17.7 Å². The van der Waals surface area contributed by atoms with Gasteiger partial charge in [-0.05, 0) is 37.8 Å². The van der Waals surface area contributed by atoms with Gasteiger partial charge >= 0.3 is 5.97 Å². The second kappa shape index (κ2) is 7.91. The van der Waals surface area contributed by atoms with E-state index in [4.69, 9.17) is 4.74 Å². The van der Waals surface area contributed by atoms with E-state index >= 15 is 0 Å². The molecular weight excluding hydrogens is 414 g/mol. The molecule has 0 saturated heterocycles. The number of carboxylic acids is 1. The van der Waals surface area contributed by atoms with Gasteiger partial charge in [-0.15, -0.1) is 10.2 Å². The molecule has 2 aromatic heterocycles. The molecule has 0 unspecified atom stereocenters. The first kappa shape index (κ1) is 19.9. The summed E-state index contributed by atoms with van der Waals surface area (Å²) in [5.74, 6) is -0.273. The smallest absolute Gasteiger partial charge is 0.358 e. The highest BCUT2D eigenvalue weighted by Gasteiger charge is 2.30. The van der Waals surface area contributed by atoms with E-state index < -0.39 is 5.97 Å². The number of ether oxygens (including phenoxy) is 1. The topological polar surface area (TPSA) is 144 Å². The minimum absolute atomic E-state index is 0.0212. The van der Waals surface area contributed by atoms with Crippen molar-refractivity contribution in [1.29, 1.82) is 0 Å². The minimum Gasteiger partial charge on any atom is -0.494 e. The number of anilines is 3. The van der Waals surface area contributed by atoms with Gasteiger partial charge in [0.25, 0.3) is 0 Å². The van der Waals surface area contributed by atoms with Crippen LogP contribution >= 0.6 is 0 Å². The second-order valence-corrected chi connectivity index (χ2v) is 7.85. The van der Waals surface area contributed by atoms with E-state index in [0.717, 1.165) is 25.7 Å². The van der Waals surface area contributed by atoms with Gasteiger partial charge in [0, 0.05) is 12.0 Å². The third-order valence-corrected chi connectivity index (χ3v) is 5.35. The molecule has 1 aromatic carbocycles. The minimum atomic E-state index is -1.25. The lowest BCUT2D eigenvalue weighted by Gasteiger charge is -2.15. The van der Waals surface area contributed by atoms with Crippen LogP contribution in [0.1, 0.15) is 42.2 Å².